The Morgan fingerprint density at radius 1 is 1.27 bits per heavy atom. The minimum Gasteiger partial charge on any atom is -0.484 e. The van der Waals surface area contributed by atoms with Crippen molar-refractivity contribution in [1.29, 1.82) is 0 Å². The van der Waals surface area contributed by atoms with Crippen LogP contribution >= 0.6 is 0 Å². The molecule has 0 fully saturated rings. The van der Waals surface area contributed by atoms with Gasteiger partial charge < -0.3 is 15.4 Å². The van der Waals surface area contributed by atoms with Gasteiger partial charge in [0, 0.05) is 18.3 Å². The van der Waals surface area contributed by atoms with Crippen LogP contribution in [0.15, 0.2) is 42.6 Å². The molecule has 2 heterocycles. The van der Waals surface area contributed by atoms with Crippen LogP contribution in [0.1, 0.15) is 12.0 Å². The first-order valence-electron chi connectivity index (χ1n) is 6.97. The summed E-state index contributed by atoms with van der Waals surface area (Å²) < 4.78 is 5.48. The molecular weight excluding hydrogens is 282 g/mol. The van der Waals surface area contributed by atoms with Crippen molar-refractivity contribution in [1.82, 2.24) is 4.98 Å². The second-order valence-corrected chi connectivity index (χ2v) is 4.92. The van der Waals surface area contributed by atoms with Crippen LogP contribution in [0.25, 0.3) is 0 Å². The average Bonchev–Trinajstić information content (AvgIpc) is 2.54. The number of hydrogen-bond acceptors (Lipinski definition) is 4. The monoisotopic (exact) mass is 297 g/mol. The molecule has 0 radical (unpaired) electrons. The average molecular weight is 297 g/mol. The quantitative estimate of drug-likeness (QED) is 0.904. The molecule has 6 heteroatoms. The van der Waals surface area contributed by atoms with Crippen molar-refractivity contribution in [2.45, 2.75) is 12.8 Å². The summed E-state index contributed by atoms with van der Waals surface area (Å²) in [5.41, 5.74) is 1.82. The molecule has 1 aliphatic heterocycles. The number of amides is 2. The third-order valence-corrected chi connectivity index (χ3v) is 3.27. The lowest BCUT2D eigenvalue weighted by Gasteiger charge is -2.17. The van der Waals surface area contributed by atoms with E-state index in [0.717, 1.165) is 11.3 Å². The van der Waals surface area contributed by atoms with Gasteiger partial charge in [-0.1, -0.05) is 6.07 Å². The topological polar surface area (TPSA) is 80.3 Å². The molecular formula is C16H15N3O3. The van der Waals surface area contributed by atoms with Gasteiger partial charge in [-0.2, -0.15) is 0 Å². The molecule has 3 rings (SSSR count). The molecule has 0 unspecified atom stereocenters. The van der Waals surface area contributed by atoms with Gasteiger partial charge in [0.15, 0.2) is 6.61 Å². The van der Waals surface area contributed by atoms with E-state index in [9.17, 15) is 9.59 Å². The smallest absolute Gasteiger partial charge is 0.263 e. The molecule has 0 bridgehead atoms. The molecule has 0 saturated carbocycles. The van der Waals surface area contributed by atoms with Crippen LogP contribution in [0.4, 0.5) is 11.5 Å². The number of benzene rings is 1. The first kappa shape index (κ1) is 14.1. The highest BCUT2D eigenvalue weighted by molar-refractivity contribution is 5.94. The highest BCUT2D eigenvalue weighted by atomic mass is 16.5. The van der Waals surface area contributed by atoms with Crippen LogP contribution in [0.5, 0.6) is 5.75 Å². The van der Waals surface area contributed by atoms with Crippen molar-refractivity contribution in [2.24, 2.45) is 0 Å². The summed E-state index contributed by atoms with van der Waals surface area (Å²) >= 11 is 0. The number of carbonyl (C=O) groups excluding carboxylic acids is 2. The number of ether oxygens (including phenoxy) is 1. The van der Waals surface area contributed by atoms with Gasteiger partial charge in [-0.05, 0) is 42.3 Å². The zero-order valence-corrected chi connectivity index (χ0v) is 11.8. The molecule has 1 aliphatic rings. The van der Waals surface area contributed by atoms with E-state index >= 15 is 0 Å². The van der Waals surface area contributed by atoms with Crippen molar-refractivity contribution < 1.29 is 14.3 Å². The molecule has 22 heavy (non-hydrogen) atoms. The molecule has 1 aromatic carbocycles. The molecule has 1 aromatic heterocycles. The fourth-order valence-corrected chi connectivity index (χ4v) is 2.21. The number of nitrogens with zero attached hydrogens (tertiary/aromatic N) is 1. The third kappa shape index (κ3) is 3.41. The van der Waals surface area contributed by atoms with Gasteiger partial charge in [-0.15, -0.1) is 0 Å². The Morgan fingerprint density at radius 3 is 3.00 bits per heavy atom. The minimum atomic E-state index is -0.273. The predicted molar refractivity (Wildman–Crippen MR) is 81.8 cm³/mol. The summed E-state index contributed by atoms with van der Waals surface area (Å²) in [4.78, 5) is 27.1. The van der Waals surface area contributed by atoms with Gasteiger partial charge in [0.05, 0.1) is 0 Å². The van der Waals surface area contributed by atoms with E-state index in [-0.39, 0.29) is 18.4 Å². The van der Waals surface area contributed by atoms with Gasteiger partial charge in [0.2, 0.25) is 5.91 Å². The summed E-state index contributed by atoms with van der Waals surface area (Å²) in [6, 6.07) is 10.7. The van der Waals surface area contributed by atoms with Gasteiger partial charge in [-0.25, -0.2) is 4.98 Å². The van der Waals surface area contributed by atoms with E-state index in [1.165, 1.54) is 0 Å². The van der Waals surface area contributed by atoms with Gasteiger partial charge in [0.1, 0.15) is 11.6 Å². The molecule has 112 valence electrons. The Kier molecular flexibility index (Phi) is 4.00. The largest absolute Gasteiger partial charge is 0.484 e. The number of carbonyl (C=O) groups is 2. The molecule has 2 amide bonds. The first-order chi connectivity index (χ1) is 10.7. The van der Waals surface area contributed by atoms with Crippen molar-refractivity contribution in [3.63, 3.8) is 0 Å². The molecule has 0 spiro atoms. The van der Waals surface area contributed by atoms with Gasteiger partial charge in [-0.3, -0.25) is 9.59 Å². The van der Waals surface area contributed by atoms with Crippen LogP contribution in [-0.2, 0) is 16.0 Å². The summed E-state index contributed by atoms with van der Waals surface area (Å²) in [6.07, 6.45) is 2.75. The van der Waals surface area contributed by atoms with Crippen LogP contribution in [0.3, 0.4) is 0 Å². The van der Waals surface area contributed by atoms with E-state index < -0.39 is 0 Å². The highest BCUT2D eigenvalue weighted by Gasteiger charge is 2.15. The van der Waals surface area contributed by atoms with Crippen molar-refractivity contribution in [3.05, 3.63) is 48.2 Å². The van der Waals surface area contributed by atoms with E-state index in [4.69, 9.17) is 4.74 Å². The number of rotatable bonds is 4. The number of anilines is 2. The Morgan fingerprint density at radius 2 is 2.18 bits per heavy atom. The van der Waals surface area contributed by atoms with E-state index in [1.54, 1.807) is 36.5 Å². The summed E-state index contributed by atoms with van der Waals surface area (Å²) in [7, 11) is 0. The summed E-state index contributed by atoms with van der Waals surface area (Å²) in [5, 5.41) is 5.45. The lowest BCUT2D eigenvalue weighted by atomic mass is 10.0. The molecule has 0 atom stereocenters. The fraction of sp³-hybridized carbons (Fsp3) is 0.188. The SMILES string of the molecule is O=C(COc1ccc2c(c1)CCC(=O)N2)Nc1ccccn1. The molecule has 2 N–H and O–H groups in total. The van der Waals surface area contributed by atoms with Crippen LogP contribution in [0, 0.1) is 0 Å². The normalized spacial score (nSPS) is 13.0. The number of fused-ring (bicyclic) bond motifs is 1. The molecule has 6 nitrogen and oxygen atoms in total. The fourth-order valence-electron chi connectivity index (χ4n) is 2.21. The Labute approximate surface area is 127 Å². The van der Waals surface area contributed by atoms with E-state index in [0.29, 0.717) is 24.4 Å². The predicted octanol–water partition coefficient (Wildman–Crippen LogP) is 1.98. The number of aryl methyl sites for hydroxylation is 1. The second-order valence-electron chi connectivity index (χ2n) is 4.92. The first-order valence-corrected chi connectivity index (χ1v) is 6.97. The lowest BCUT2D eigenvalue weighted by molar-refractivity contribution is -0.118. The van der Waals surface area contributed by atoms with Crippen LogP contribution < -0.4 is 15.4 Å². The summed E-state index contributed by atoms with van der Waals surface area (Å²) in [6.45, 7) is -0.0955. The number of nitrogens with one attached hydrogen (secondary N) is 2. The highest BCUT2D eigenvalue weighted by Crippen LogP contribution is 2.26. The number of hydrogen-bond donors (Lipinski definition) is 2. The zero-order chi connectivity index (χ0) is 15.4. The van der Waals surface area contributed by atoms with Gasteiger partial charge >= 0.3 is 0 Å². The Hall–Kier alpha value is -2.89. The lowest BCUT2D eigenvalue weighted by Crippen LogP contribution is -2.21. The molecule has 2 aromatic rings. The van der Waals surface area contributed by atoms with Crippen LogP contribution in [0.2, 0.25) is 0 Å². The maximum Gasteiger partial charge on any atom is 0.263 e. The summed E-state index contributed by atoms with van der Waals surface area (Å²) in [5.74, 6) is 0.843. The minimum absolute atomic E-state index is 0.0240. The number of pyridine rings is 1. The number of aromatic nitrogens is 1. The zero-order valence-electron chi connectivity index (χ0n) is 11.8. The van der Waals surface area contributed by atoms with Crippen molar-refractivity contribution in [2.75, 3.05) is 17.2 Å². The second kappa shape index (κ2) is 6.26. The van der Waals surface area contributed by atoms with E-state index in [1.807, 2.05) is 6.07 Å². The van der Waals surface area contributed by atoms with Crippen molar-refractivity contribution >= 4 is 23.3 Å². The third-order valence-electron chi connectivity index (χ3n) is 3.27. The Bertz CT molecular complexity index is 701. The molecule has 0 saturated heterocycles. The maximum atomic E-state index is 11.8. The van der Waals surface area contributed by atoms with E-state index in [2.05, 4.69) is 15.6 Å². The standard InChI is InChI=1S/C16H15N3O3/c20-15-7-4-11-9-12(5-6-13(11)18-15)22-10-16(21)19-14-3-1-2-8-17-14/h1-3,5-6,8-9H,4,7,10H2,(H,18,20)(H,17,19,21). The van der Waals surface area contributed by atoms with Crippen LogP contribution in [-0.4, -0.2) is 23.4 Å². The molecule has 0 aliphatic carbocycles. The maximum absolute atomic E-state index is 11.8. The Balaban J connectivity index is 1.57. The van der Waals surface area contributed by atoms with Gasteiger partial charge in [0.25, 0.3) is 5.91 Å². The van der Waals surface area contributed by atoms with Crippen molar-refractivity contribution in [3.8, 4) is 5.75 Å².